The number of thioether (sulfide) groups is 1. The van der Waals surface area contributed by atoms with Crippen LogP contribution in [0.4, 0.5) is 0 Å². The maximum Gasteiger partial charge on any atom is 0.207 e. The van der Waals surface area contributed by atoms with Crippen LogP contribution >= 0.6 is 11.8 Å². The highest BCUT2D eigenvalue weighted by Gasteiger charge is 2.07. The molecule has 0 saturated carbocycles. The Labute approximate surface area is 126 Å². The van der Waals surface area contributed by atoms with E-state index < -0.39 is 0 Å². The third-order valence-electron chi connectivity index (χ3n) is 2.86. The summed E-state index contributed by atoms with van der Waals surface area (Å²) in [5.41, 5.74) is 4.93. The first-order chi connectivity index (χ1) is 9.45. The number of carbonyl (C=O) groups excluding carboxylic acids is 1. The highest BCUT2D eigenvalue weighted by atomic mass is 32.2. The van der Waals surface area contributed by atoms with Gasteiger partial charge in [0.2, 0.25) is 6.41 Å². The minimum Gasteiger partial charge on any atom is -0.352 e. The first kappa shape index (κ1) is 16.6. The van der Waals surface area contributed by atoms with Crippen molar-refractivity contribution in [3.8, 4) is 0 Å². The fraction of sp³-hybridized carbons (Fsp3) is 0.353. The predicted molar refractivity (Wildman–Crippen MR) is 89.3 cm³/mol. The van der Waals surface area contributed by atoms with Crippen LogP contribution in [-0.2, 0) is 4.79 Å². The molecule has 0 aliphatic carbocycles. The van der Waals surface area contributed by atoms with Gasteiger partial charge in [-0.2, -0.15) is 0 Å². The smallest absolute Gasteiger partial charge is 0.207 e. The normalized spacial score (nSPS) is 11.4. The maximum atomic E-state index is 10.5. The van der Waals surface area contributed by atoms with Crippen molar-refractivity contribution in [2.75, 3.05) is 0 Å². The average molecular weight is 289 g/mol. The van der Waals surface area contributed by atoms with Crippen LogP contribution in [0, 0.1) is 0 Å². The lowest BCUT2D eigenvalue weighted by molar-refractivity contribution is -0.110. The number of allylic oxidation sites excluding steroid dienone is 2. The van der Waals surface area contributed by atoms with E-state index in [2.05, 4.69) is 62.7 Å². The summed E-state index contributed by atoms with van der Waals surface area (Å²) in [4.78, 5) is 11.8. The zero-order valence-electron chi connectivity index (χ0n) is 12.9. The monoisotopic (exact) mass is 289 g/mol. The molecule has 1 N–H and O–H groups in total. The van der Waals surface area contributed by atoms with Gasteiger partial charge in [0.25, 0.3) is 0 Å². The lowest BCUT2D eigenvalue weighted by atomic mass is 10.0. The molecule has 1 amide bonds. The van der Waals surface area contributed by atoms with E-state index in [1.165, 1.54) is 21.6 Å². The van der Waals surface area contributed by atoms with E-state index in [1.54, 1.807) is 11.8 Å². The van der Waals surface area contributed by atoms with Crippen LogP contribution < -0.4 is 5.32 Å². The molecule has 0 fully saturated rings. The number of nitrogens with one attached hydrogen (secondary N) is 1. The molecular formula is C17H23NOS. The number of amides is 1. The molecule has 2 nitrogen and oxygen atoms in total. The van der Waals surface area contributed by atoms with Gasteiger partial charge in [-0.3, -0.25) is 4.79 Å². The van der Waals surface area contributed by atoms with Crippen LogP contribution in [0.15, 0.2) is 40.8 Å². The largest absolute Gasteiger partial charge is 0.352 e. The number of hydrogen-bond acceptors (Lipinski definition) is 2. The second-order valence-electron chi connectivity index (χ2n) is 5.27. The van der Waals surface area contributed by atoms with Gasteiger partial charge in [0.15, 0.2) is 0 Å². The molecule has 0 radical (unpaired) electrons. The standard InChI is InChI=1S/C17H23NOS/c1-12(2)10-20-17(13(3)4)16-8-6-15(7-9-16)14(5)18-11-19/h6-11,14H,1-5H3,(H,18,19)/t14-/m0/s1. The molecule has 1 rings (SSSR count). The molecule has 20 heavy (non-hydrogen) atoms. The zero-order chi connectivity index (χ0) is 15.1. The van der Waals surface area contributed by atoms with Crippen LogP contribution in [-0.4, -0.2) is 6.41 Å². The minimum absolute atomic E-state index is 0.0436. The third-order valence-corrected chi connectivity index (χ3v) is 4.33. The van der Waals surface area contributed by atoms with Gasteiger partial charge in [0, 0.05) is 4.91 Å². The maximum absolute atomic E-state index is 10.5. The van der Waals surface area contributed by atoms with Crippen LogP contribution in [0.2, 0.25) is 0 Å². The van der Waals surface area contributed by atoms with Crippen molar-refractivity contribution < 1.29 is 4.79 Å². The molecule has 0 spiro atoms. The minimum atomic E-state index is 0.0436. The summed E-state index contributed by atoms with van der Waals surface area (Å²) in [5, 5.41) is 4.94. The Morgan fingerprint density at radius 2 is 1.75 bits per heavy atom. The van der Waals surface area contributed by atoms with Crippen molar-refractivity contribution in [1.29, 1.82) is 0 Å². The van der Waals surface area contributed by atoms with Gasteiger partial charge < -0.3 is 5.32 Å². The van der Waals surface area contributed by atoms with E-state index in [-0.39, 0.29) is 6.04 Å². The highest BCUT2D eigenvalue weighted by Crippen LogP contribution is 2.32. The summed E-state index contributed by atoms with van der Waals surface area (Å²) >= 11 is 1.76. The number of carbonyl (C=O) groups is 1. The number of benzene rings is 1. The second-order valence-corrected chi connectivity index (χ2v) is 6.15. The van der Waals surface area contributed by atoms with Crippen LogP contribution in [0.5, 0.6) is 0 Å². The van der Waals surface area contributed by atoms with E-state index in [9.17, 15) is 4.79 Å². The lowest BCUT2D eigenvalue weighted by Gasteiger charge is -2.13. The zero-order valence-corrected chi connectivity index (χ0v) is 13.7. The Morgan fingerprint density at radius 3 is 2.20 bits per heavy atom. The molecule has 1 aromatic carbocycles. The van der Waals surface area contributed by atoms with Crippen molar-refractivity contribution in [2.45, 2.75) is 40.7 Å². The van der Waals surface area contributed by atoms with Crippen LogP contribution in [0.1, 0.15) is 51.8 Å². The van der Waals surface area contributed by atoms with E-state index in [0.717, 1.165) is 12.0 Å². The SMILES string of the molecule is CC(C)=CSC(=C(C)C)c1ccc([C@H](C)NC=O)cc1. The Morgan fingerprint density at radius 1 is 1.15 bits per heavy atom. The van der Waals surface area contributed by atoms with Crippen molar-refractivity contribution in [3.63, 3.8) is 0 Å². The molecule has 1 aromatic rings. The molecule has 0 aliphatic heterocycles. The second kappa shape index (κ2) is 7.95. The van der Waals surface area contributed by atoms with Crippen molar-refractivity contribution in [2.24, 2.45) is 0 Å². The Bertz CT molecular complexity index is 506. The summed E-state index contributed by atoms with van der Waals surface area (Å²) in [6.45, 7) is 10.4. The van der Waals surface area contributed by atoms with Crippen LogP contribution in [0.25, 0.3) is 4.91 Å². The van der Waals surface area contributed by atoms with E-state index in [1.807, 2.05) is 6.92 Å². The Balaban J connectivity index is 2.98. The number of hydrogen-bond donors (Lipinski definition) is 1. The van der Waals surface area contributed by atoms with Gasteiger partial charge in [-0.05, 0) is 51.2 Å². The Kier molecular flexibility index (Phi) is 6.59. The quantitative estimate of drug-likeness (QED) is 0.755. The molecule has 3 heteroatoms. The topological polar surface area (TPSA) is 29.1 Å². The molecule has 0 heterocycles. The van der Waals surface area contributed by atoms with Crippen LogP contribution in [0.3, 0.4) is 0 Å². The summed E-state index contributed by atoms with van der Waals surface area (Å²) < 4.78 is 0. The fourth-order valence-corrected chi connectivity index (χ4v) is 2.63. The predicted octanol–water partition coefficient (Wildman–Crippen LogP) is 4.90. The van der Waals surface area contributed by atoms with E-state index in [0.29, 0.717) is 0 Å². The van der Waals surface area contributed by atoms with Gasteiger partial charge in [-0.25, -0.2) is 0 Å². The average Bonchev–Trinajstić information content (AvgIpc) is 2.39. The summed E-state index contributed by atoms with van der Waals surface area (Å²) in [7, 11) is 0. The Hall–Kier alpha value is -1.48. The molecular weight excluding hydrogens is 266 g/mol. The molecule has 0 unspecified atom stereocenters. The molecule has 108 valence electrons. The molecule has 0 saturated heterocycles. The molecule has 0 bridgehead atoms. The molecule has 1 atom stereocenters. The van der Waals surface area contributed by atoms with Crippen molar-refractivity contribution in [3.05, 3.63) is 51.9 Å². The first-order valence-corrected chi connectivity index (χ1v) is 7.61. The van der Waals surface area contributed by atoms with Gasteiger partial charge in [0.05, 0.1) is 6.04 Å². The third kappa shape index (κ3) is 4.89. The highest BCUT2D eigenvalue weighted by molar-refractivity contribution is 8.11. The molecule has 0 aromatic heterocycles. The molecule has 0 aliphatic rings. The fourth-order valence-electron chi connectivity index (χ4n) is 1.77. The van der Waals surface area contributed by atoms with Gasteiger partial charge >= 0.3 is 0 Å². The summed E-state index contributed by atoms with van der Waals surface area (Å²) in [6.07, 6.45) is 0.741. The number of rotatable bonds is 6. The summed E-state index contributed by atoms with van der Waals surface area (Å²) in [6, 6.07) is 8.42. The van der Waals surface area contributed by atoms with Gasteiger partial charge in [0.1, 0.15) is 0 Å². The van der Waals surface area contributed by atoms with E-state index in [4.69, 9.17) is 0 Å². The van der Waals surface area contributed by atoms with Crippen molar-refractivity contribution >= 4 is 23.1 Å². The van der Waals surface area contributed by atoms with Gasteiger partial charge in [-0.1, -0.05) is 47.2 Å². The van der Waals surface area contributed by atoms with Gasteiger partial charge in [-0.15, -0.1) is 0 Å². The first-order valence-electron chi connectivity index (χ1n) is 6.73. The lowest BCUT2D eigenvalue weighted by Crippen LogP contribution is -2.15. The van der Waals surface area contributed by atoms with E-state index >= 15 is 0 Å². The van der Waals surface area contributed by atoms with Crippen molar-refractivity contribution in [1.82, 2.24) is 5.32 Å². The summed E-state index contributed by atoms with van der Waals surface area (Å²) in [5.74, 6) is 0.